The molecule has 0 fully saturated rings. The van der Waals surface area contributed by atoms with Crippen molar-refractivity contribution in [1.82, 2.24) is 9.88 Å². The Morgan fingerprint density at radius 2 is 2.12 bits per heavy atom. The third-order valence-electron chi connectivity index (χ3n) is 3.32. The van der Waals surface area contributed by atoms with Crippen molar-refractivity contribution >= 4 is 34.7 Å². The number of benzene rings is 1. The first-order chi connectivity index (χ1) is 12.1. The lowest BCUT2D eigenvalue weighted by Gasteiger charge is -2.01. The molecule has 2 rings (SSSR count). The van der Waals surface area contributed by atoms with Crippen LogP contribution >= 0.6 is 11.3 Å². The van der Waals surface area contributed by atoms with E-state index in [1.807, 2.05) is 36.4 Å². The largest absolute Gasteiger partial charge is 0.395 e. The van der Waals surface area contributed by atoms with Crippen molar-refractivity contribution < 1.29 is 9.90 Å². The van der Waals surface area contributed by atoms with E-state index in [1.165, 1.54) is 4.57 Å². The summed E-state index contributed by atoms with van der Waals surface area (Å²) in [7, 11) is 0. The number of nitriles is 1. The van der Waals surface area contributed by atoms with E-state index in [9.17, 15) is 14.9 Å². The van der Waals surface area contributed by atoms with Gasteiger partial charge in [0.2, 0.25) is 0 Å². The number of para-hydroxylation sites is 1. The van der Waals surface area contributed by atoms with Gasteiger partial charge in [0.05, 0.1) is 6.61 Å². The molecule has 1 aromatic heterocycles. The Balaban J connectivity index is 2.53. The number of thiazole rings is 1. The number of aliphatic hydroxyl groups is 1. The fourth-order valence-corrected chi connectivity index (χ4v) is 3.22. The van der Waals surface area contributed by atoms with Crippen LogP contribution in [0.25, 0.3) is 11.8 Å². The first-order valence-electron chi connectivity index (χ1n) is 7.67. The first-order valence-corrected chi connectivity index (χ1v) is 8.48. The number of carbonyl (C=O) groups is 1. The molecule has 8 heteroatoms. The molecule has 0 radical (unpaired) electrons. The van der Waals surface area contributed by atoms with Gasteiger partial charge in [0, 0.05) is 25.0 Å². The Hall–Kier alpha value is -2.89. The molecule has 0 atom stereocenters. The van der Waals surface area contributed by atoms with E-state index in [0.29, 0.717) is 15.7 Å². The van der Waals surface area contributed by atoms with Crippen LogP contribution in [0.15, 0.2) is 35.1 Å². The highest BCUT2D eigenvalue weighted by molar-refractivity contribution is 7.07. The third kappa shape index (κ3) is 4.35. The predicted molar refractivity (Wildman–Crippen MR) is 97.1 cm³/mol. The van der Waals surface area contributed by atoms with E-state index in [1.54, 1.807) is 13.1 Å². The standard InChI is InChI=1S/C17H18N4O3S/c1-2-21-16(24)14(11-20-12-6-4-3-5-7-12)25-17(21)13(10-18)15(23)19-8-9-22/h3-7,11,20,22H,2,8-9H2,1H3,(H,19,23). The number of hydrogen-bond acceptors (Lipinski definition) is 6. The Labute approximate surface area is 148 Å². The lowest BCUT2D eigenvalue weighted by molar-refractivity contribution is -0.115. The van der Waals surface area contributed by atoms with Crippen molar-refractivity contribution in [2.24, 2.45) is 0 Å². The van der Waals surface area contributed by atoms with E-state index >= 15 is 0 Å². The number of carbonyl (C=O) groups excluding carboxylic acids is 1. The minimum Gasteiger partial charge on any atom is -0.395 e. The zero-order valence-electron chi connectivity index (χ0n) is 13.7. The second kappa shape index (κ2) is 8.82. The molecule has 1 heterocycles. The SMILES string of the molecule is CCn1c(=C(C#N)C(=O)NCCO)sc(=CNc2ccccc2)c1=O. The maximum Gasteiger partial charge on any atom is 0.270 e. The molecule has 0 saturated carbocycles. The van der Waals surface area contributed by atoms with Gasteiger partial charge in [-0.1, -0.05) is 18.2 Å². The molecule has 0 bridgehead atoms. The highest BCUT2D eigenvalue weighted by Gasteiger charge is 2.14. The summed E-state index contributed by atoms with van der Waals surface area (Å²) in [5.74, 6) is -0.609. The molecular formula is C17H18N4O3S. The number of rotatable bonds is 6. The van der Waals surface area contributed by atoms with Crippen LogP contribution in [-0.2, 0) is 11.3 Å². The van der Waals surface area contributed by atoms with Crippen LogP contribution in [-0.4, -0.2) is 28.7 Å². The van der Waals surface area contributed by atoms with Gasteiger partial charge in [-0.05, 0) is 19.1 Å². The average molecular weight is 358 g/mol. The fraction of sp³-hybridized carbons (Fsp3) is 0.235. The molecule has 1 aromatic carbocycles. The summed E-state index contributed by atoms with van der Waals surface area (Å²) in [6, 6.07) is 11.2. The van der Waals surface area contributed by atoms with Crippen LogP contribution in [0.3, 0.4) is 0 Å². The second-order valence-corrected chi connectivity index (χ2v) is 5.97. The molecule has 130 valence electrons. The highest BCUT2D eigenvalue weighted by atomic mass is 32.1. The molecule has 0 spiro atoms. The Bertz CT molecular complexity index is 955. The number of nitrogens with one attached hydrogen (secondary N) is 2. The van der Waals surface area contributed by atoms with Gasteiger partial charge in [-0.15, -0.1) is 11.3 Å². The van der Waals surface area contributed by atoms with Crippen molar-refractivity contribution in [1.29, 1.82) is 5.26 Å². The normalized spacial score (nSPS) is 12.4. The molecular weight excluding hydrogens is 340 g/mol. The van der Waals surface area contributed by atoms with Crippen molar-refractivity contribution in [2.45, 2.75) is 13.5 Å². The second-order valence-electron chi connectivity index (χ2n) is 4.94. The number of hydrogen-bond donors (Lipinski definition) is 3. The van der Waals surface area contributed by atoms with Gasteiger partial charge < -0.3 is 15.7 Å². The van der Waals surface area contributed by atoms with Gasteiger partial charge in [-0.3, -0.25) is 14.2 Å². The van der Waals surface area contributed by atoms with Crippen molar-refractivity contribution in [3.05, 3.63) is 49.9 Å². The number of anilines is 1. The maximum absolute atomic E-state index is 12.5. The van der Waals surface area contributed by atoms with Crippen LogP contribution in [0.5, 0.6) is 0 Å². The Morgan fingerprint density at radius 3 is 2.72 bits per heavy atom. The Morgan fingerprint density at radius 1 is 1.40 bits per heavy atom. The summed E-state index contributed by atoms with van der Waals surface area (Å²) in [5.41, 5.74) is 0.412. The minimum atomic E-state index is -0.609. The smallest absolute Gasteiger partial charge is 0.270 e. The molecule has 2 aromatic rings. The lowest BCUT2D eigenvalue weighted by atomic mass is 10.3. The van der Waals surface area contributed by atoms with E-state index in [0.717, 1.165) is 17.0 Å². The third-order valence-corrected chi connectivity index (χ3v) is 4.45. The molecule has 0 saturated heterocycles. The van der Waals surface area contributed by atoms with Crippen LogP contribution < -0.4 is 25.4 Å². The van der Waals surface area contributed by atoms with Gasteiger partial charge in [0.1, 0.15) is 15.3 Å². The number of aromatic nitrogens is 1. The molecule has 25 heavy (non-hydrogen) atoms. The van der Waals surface area contributed by atoms with E-state index < -0.39 is 5.91 Å². The molecule has 3 N–H and O–H groups in total. The monoisotopic (exact) mass is 358 g/mol. The van der Waals surface area contributed by atoms with Crippen molar-refractivity contribution in [3.8, 4) is 6.07 Å². The molecule has 0 aliphatic heterocycles. The topological polar surface area (TPSA) is 107 Å². The average Bonchev–Trinajstić information content (AvgIpc) is 2.95. The van der Waals surface area contributed by atoms with Gasteiger partial charge in [-0.25, -0.2) is 0 Å². The molecule has 1 amide bonds. The van der Waals surface area contributed by atoms with Gasteiger partial charge in [0.25, 0.3) is 11.5 Å². The van der Waals surface area contributed by atoms with Crippen LogP contribution in [0.2, 0.25) is 0 Å². The fourth-order valence-electron chi connectivity index (χ4n) is 2.13. The molecule has 7 nitrogen and oxygen atoms in total. The van der Waals surface area contributed by atoms with Crippen LogP contribution in [0, 0.1) is 11.3 Å². The summed E-state index contributed by atoms with van der Waals surface area (Å²) in [6.07, 6.45) is 1.57. The zero-order valence-corrected chi connectivity index (χ0v) is 14.5. The Kier molecular flexibility index (Phi) is 6.51. The lowest BCUT2D eigenvalue weighted by Crippen LogP contribution is -2.35. The van der Waals surface area contributed by atoms with Crippen molar-refractivity contribution in [3.63, 3.8) is 0 Å². The van der Waals surface area contributed by atoms with Gasteiger partial charge >= 0.3 is 0 Å². The summed E-state index contributed by atoms with van der Waals surface area (Å²) < 4.78 is 2.08. The van der Waals surface area contributed by atoms with E-state index in [2.05, 4.69) is 10.6 Å². The summed E-state index contributed by atoms with van der Waals surface area (Å²) in [4.78, 5) is 24.6. The minimum absolute atomic E-state index is 0.0420. The van der Waals surface area contributed by atoms with Crippen molar-refractivity contribution in [2.75, 3.05) is 18.5 Å². The number of nitrogens with zero attached hydrogens (tertiary/aromatic N) is 2. The summed E-state index contributed by atoms with van der Waals surface area (Å²) in [6.45, 7) is 1.92. The predicted octanol–water partition coefficient (Wildman–Crippen LogP) is -0.437. The van der Waals surface area contributed by atoms with E-state index in [-0.39, 0.29) is 24.3 Å². The van der Waals surface area contributed by atoms with Gasteiger partial charge in [0.15, 0.2) is 5.57 Å². The quantitative estimate of drug-likeness (QED) is 0.649. The number of amides is 1. The number of aliphatic hydroxyl groups excluding tert-OH is 1. The highest BCUT2D eigenvalue weighted by Crippen LogP contribution is 2.04. The zero-order chi connectivity index (χ0) is 18.2. The molecule has 0 aliphatic rings. The molecule has 0 aliphatic carbocycles. The summed E-state index contributed by atoms with van der Waals surface area (Å²) in [5, 5.41) is 23.6. The summed E-state index contributed by atoms with van der Waals surface area (Å²) >= 11 is 1.07. The van der Waals surface area contributed by atoms with E-state index in [4.69, 9.17) is 5.11 Å². The molecule has 0 unspecified atom stereocenters. The van der Waals surface area contributed by atoms with Crippen LogP contribution in [0.1, 0.15) is 6.92 Å². The van der Waals surface area contributed by atoms with Gasteiger partial charge in [-0.2, -0.15) is 5.26 Å². The first kappa shape index (κ1) is 18.4. The maximum atomic E-state index is 12.5. The van der Waals surface area contributed by atoms with Crippen LogP contribution in [0.4, 0.5) is 5.69 Å².